The summed E-state index contributed by atoms with van der Waals surface area (Å²) in [5, 5.41) is 0. The van der Waals surface area contributed by atoms with E-state index in [0.717, 1.165) is 24.0 Å². The molecule has 0 N–H and O–H groups in total. The van der Waals surface area contributed by atoms with Crippen LogP contribution in [0.2, 0.25) is 0 Å². The number of rotatable bonds is 13. The first kappa shape index (κ1) is 35.3. The van der Waals surface area contributed by atoms with Gasteiger partial charge in [-0.2, -0.15) is 0 Å². The van der Waals surface area contributed by atoms with Crippen molar-refractivity contribution in [2.24, 2.45) is 22.7 Å². The summed E-state index contributed by atoms with van der Waals surface area (Å²) >= 11 is 0. The Morgan fingerprint density at radius 2 is 1.38 bits per heavy atom. The minimum absolute atomic E-state index is 0.0579. The molecule has 3 unspecified atom stereocenters. The molecule has 4 atom stereocenters. The van der Waals surface area contributed by atoms with Crippen LogP contribution in [0.15, 0.2) is 108 Å². The van der Waals surface area contributed by atoms with Crippen LogP contribution >= 0.6 is 0 Å². The lowest BCUT2D eigenvalue weighted by molar-refractivity contribution is -0.163. The molecule has 248 valence electrons. The molecule has 7 nitrogen and oxygen atoms in total. The van der Waals surface area contributed by atoms with Crippen molar-refractivity contribution in [3.8, 4) is 0 Å². The number of esters is 3. The second kappa shape index (κ2) is 16.9. The molecule has 0 aromatic heterocycles. The molecule has 7 heteroatoms. The van der Waals surface area contributed by atoms with Crippen LogP contribution in [0.5, 0.6) is 0 Å². The number of hydrogen-bond acceptors (Lipinski definition) is 7. The van der Waals surface area contributed by atoms with Gasteiger partial charge in [-0.1, -0.05) is 118 Å². The predicted octanol–water partition coefficient (Wildman–Crippen LogP) is 7.87. The molecule has 1 saturated carbocycles. The number of nitrogens with zero attached hydrogens (tertiary/aromatic N) is 1. The van der Waals surface area contributed by atoms with Crippen LogP contribution in [0.3, 0.4) is 0 Å². The van der Waals surface area contributed by atoms with E-state index in [9.17, 15) is 14.4 Å². The minimum Gasteiger partial charge on any atom is -0.466 e. The zero-order valence-corrected chi connectivity index (χ0v) is 28.2. The van der Waals surface area contributed by atoms with Gasteiger partial charge in [0.05, 0.1) is 31.3 Å². The summed E-state index contributed by atoms with van der Waals surface area (Å²) in [6, 6.07) is 29.2. The molecule has 1 fully saturated rings. The number of carbonyl (C=O) groups is 3. The van der Waals surface area contributed by atoms with Crippen molar-refractivity contribution in [3.05, 3.63) is 119 Å². The van der Waals surface area contributed by atoms with Crippen molar-refractivity contribution in [2.45, 2.75) is 71.8 Å². The highest BCUT2D eigenvalue weighted by molar-refractivity contribution is 6.14. The smallest absolute Gasteiger partial charge is 0.356 e. The molecule has 1 aliphatic carbocycles. The Balaban J connectivity index is 1.76. The van der Waals surface area contributed by atoms with Gasteiger partial charge >= 0.3 is 17.9 Å². The van der Waals surface area contributed by atoms with Crippen LogP contribution in [0.4, 0.5) is 0 Å². The molecule has 3 aromatic rings. The second-order valence-electron chi connectivity index (χ2n) is 12.7. The van der Waals surface area contributed by atoms with Crippen LogP contribution in [-0.2, 0) is 34.0 Å². The van der Waals surface area contributed by atoms with Gasteiger partial charge in [-0.3, -0.25) is 9.59 Å². The standard InChI is InChI=1S/C40H47NO6/c1-6-45-36(42)27-31(38(43)47-35-25-28(3)23-24-33(35)40(4,5)32-21-15-10-16-22-32)26-34(39(44)46-7-2)41-37(29-17-11-8-12-18-29)30-19-13-9-14-20-30/h8-22,26,28,31,33,35H,6-7,23-25,27H2,1-5H3/b34-26-/t28?,31-,33?,35?/m1/s1. The molecule has 4 rings (SSSR count). The Bertz CT molecular complexity index is 1490. The molecule has 47 heavy (non-hydrogen) atoms. The quantitative estimate of drug-likeness (QED) is 0.0820. The number of aliphatic imine (C=N–C) groups is 1. The summed E-state index contributed by atoms with van der Waals surface area (Å²) in [6.45, 7) is 10.3. The van der Waals surface area contributed by atoms with Crippen molar-refractivity contribution >= 4 is 23.6 Å². The van der Waals surface area contributed by atoms with Gasteiger partial charge in [0.15, 0.2) is 0 Å². The van der Waals surface area contributed by atoms with Gasteiger partial charge in [0.25, 0.3) is 0 Å². The van der Waals surface area contributed by atoms with Gasteiger partial charge < -0.3 is 14.2 Å². The molecular weight excluding hydrogens is 590 g/mol. The first-order valence-corrected chi connectivity index (χ1v) is 16.6. The third-order valence-corrected chi connectivity index (χ3v) is 8.93. The third kappa shape index (κ3) is 9.50. The van der Waals surface area contributed by atoms with Crippen LogP contribution in [0, 0.1) is 17.8 Å². The van der Waals surface area contributed by atoms with Crippen molar-refractivity contribution < 1.29 is 28.6 Å². The maximum absolute atomic E-state index is 14.1. The summed E-state index contributed by atoms with van der Waals surface area (Å²) in [6.07, 6.45) is 3.37. The summed E-state index contributed by atoms with van der Waals surface area (Å²) < 4.78 is 17.0. The van der Waals surface area contributed by atoms with Gasteiger partial charge in [0.2, 0.25) is 0 Å². The van der Waals surface area contributed by atoms with Crippen LogP contribution < -0.4 is 0 Å². The van der Waals surface area contributed by atoms with Crippen molar-refractivity contribution in [2.75, 3.05) is 13.2 Å². The Morgan fingerprint density at radius 3 is 1.94 bits per heavy atom. The molecule has 0 spiro atoms. The first-order valence-electron chi connectivity index (χ1n) is 16.6. The minimum atomic E-state index is -1.12. The Hall–Kier alpha value is -4.52. The molecule has 1 aliphatic rings. The van der Waals surface area contributed by atoms with E-state index in [1.807, 2.05) is 78.9 Å². The molecule has 3 aromatic carbocycles. The second-order valence-corrected chi connectivity index (χ2v) is 12.7. The number of hydrogen-bond donors (Lipinski definition) is 0. The van der Waals surface area contributed by atoms with Crippen molar-refractivity contribution in [1.82, 2.24) is 0 Å². The number of ether oxygens (including phenoxy) is 3. The Labute approximate surface area is 279 Å². The lowest BCUT2D eigenvalue weighted by Gasteiger charge is -2.44. The van der Waals surface area contributed by atoms with Gasteiger partial charge in [-0.25, -0.2) is 9.79 Å². The molecular formula is C40H47NO6. The fraction of sp³-hybridized carbons (Fsp3) is 0.400. The average Bonchev–Trinajstić information content (AvgIpc) is 3.07. The summed E-state index contributed by atoms with van der Waals surface area (Å²) in [5.74, 6) is -2.56. The predicted molar refractivity (Wildman–Crippen MR) is 184 cm³/mol. The van der Waals surface area contributed by atoms with E-state index in [2.05, 4.69) is 32.9 Å². The molecule has 0 aliphatic heterocycles. The van der Waals surface area contributed by atoms with Crippen LogP contribution in [-0.4, -0.2) is 42.9 Å². The average molecular weight is 638 g/mol. The fourth-order valence-corrected chi connectivity index (χ4v) is 6.37. The molecule has 0 heterocycles. The van der Waals surface area contributed by atoms with E-state index in [1.165, 1.54) is 11.6 Å². The van der Waals surface area contributed by atoms with Gasteiger partial charge in [-0.15, -0.1) is 0 Å². The van der Waals surface area contributed by atoms with Crippen LogP contribution in [0.1, 0.15) is 77.0 Å². The highest BCUT2D eigenvalue weighted by atomic mass is 16.5. The summed E-state index contributed by atoms with van der Waals surface area (Å²) in [4.78, 5) is 45.2. The lowest BCUT2D eigenvalue weighted by atomic mass is 9.64. The van der Waals surface area contributed by atoms with Gasteiger partial charge in [0.1, 0.15) is 11.8 Å². The van der Waals surface area contributed by atoms with E-state index in [0.29, 0.717) is 18.1 Å². The third-order valence-electron chi connectivity index (χ3n) is 8.93. The summed E-state index contributed by atoms with van der Waals surface area (Å²) in [5.41, 5.74) is 2.91. The van der Waals surface area contributed by atoms with E-state index in [1.54, 1.807) is 13.8 Å². The number of benzene rings is 3. The molecule has 0 saturated heterocycles. The highest BCUT2D eigenvalue weighted by Gasteiger charge is 2.42. The zero-order valence-electron chi connectivity index (χ0n) is 28.2. The van der Waals surface area contributed by atoms with E-state index >= 15 is 0 Å². The molecule has 0 bridgehead atoms. The van der Waals surface area contributed by atoms with Crippen molar-refractivity contribution in [3.63, 3.8) is 0 Å². The molecule has 0 amide bonds. The monoisotopic (exact) mass is 637 g/mol. The lowest BCUT2D eigenvalue weighted by Crippen LogP contribution is -2.44. The Kier molecular flexibility index (Phi) is 12.7. The first-order chi connectivity index (χ1) is 22.6. The SMILES string of the molecule is CCOC(=O)C[C@@H](/C=C(\N=C(c1ccccc1)c1ccccc1)C(=O)OCC)C(=O)OC1CC(C)CCC1C(C)(C)c1ccccc1. The van der Waals surface area contributed by atoms with Gasteiger partial charge in [0, 0.05) is 17.0 Å². The van der Waals surface area contributed by atoms with E-state index in [4.69, 9.17) is 19.2 Å². The molecule has 0 radical (unpaired) electrons. The van der Waals surface area contributed by atoms with E-state index in [-0.39, 0.29) is 42.8 Å². The van der Waals surface area contributed by atoms with Crippen molar-refractivity contribution in [1.29, 1.82) is 0 Å². The maximum atomic E-state index is 14.1. The zero-order chi connectivity index (χ0) is 33.8. The van der Waals surface area contributed by atoms with Gasteiger partial charge in [-0.05, 0) is 49.7 Å². The fourth-order valence-electron chi connectivity index (χ4n) is 6.37. The number of carbonyl (C=O) groups excluding carboxylic acids is 3. The Morgan fingerprint density at radius 1 is 0.830 bits per heavy atom. The summed E-state index contributed by atoms with van der Waals surface area (Å²) in [7, 11) is 0. The topological polar surface area (TPSA) is 91.3 Å². The maximum Gasteiger partial charge on any atom is 0.356 e. The van der Waals surface area contributed by atoms with E-state index < -0.39 is 23.8 Å². The van der Waals surface area contributed by atoms with Crippen LogP contribution in [0.25, 0.3) is 0 Å². The highest BCUT2D eigenvalue weighted by Crippen LogP contribution is 2.44. The largest absolute Gasteiger partial charge is 0.466 e. The normalized spacial score (nSPS) is 18.8.